The highest BCUT2D eigenvalue weighted by Gasteiger charge is 2.29. The van der Waals surface area contributed by atoms with Crippen molar-refractivity contribution in [3.8, 4) is 0 Å². The Kier molecular flexibility index (Phi) is 3.36. The number of sulfone groups is 1. The lowest BCUT2D eigenvalue weighted by Gasteiger charge is -2.12. The summed E-state index contributed by atoms with van der Waals surface area (Å²) < 4.78 is 22.9. The molecule has 7 heteroatoms. The lowest BCUT2D eigenvalue weighted by atomic mass is 10.1. The predicted molar refractivity (Wildman–Crippen MR) is 78.8 cm³/mol. The van der Waals surface area contributed by atoms with Crippen molar-refractivity contribution >= 4 is 26.6 Å². The summed E-state index contributed by atoms with van der Waals surface area (Å²) in [5, 5.41) is 3.43. The highest BCUT2D eigenvalue weighted by molar-refractivity contribution is 7.91. The number of carbonyl (C=O) groups is 1. The maximum absolute atomic E-state index is 12.4. The molecule has 2 aromatic rings. The largest absolute Gasteiger partial charge is 0.347 e. The molecule has 1 unspecified atom stereocenters. The quantitative estimate of drug-likeness (QED) is 0.888. The van der Waals surface area contributed by atoms with E-state index in [9.17, 15) is 13.2 Å². The first-order valence-electron chi connectivity index (χ1n) is 6.69. The van der Waals surface area contributed by atoms with Crippen molar-refractivity contribution < 1.29 is 13.2 Å². The van der Waals surface area contributed by atoms with Crippen LogP contribution < -0.4 is 5.32 Å². The molecule has 1 atom stereocenters. The molecular formula is C14H15N3O3S. The molecule has 0 aliphatic carbocycles. The lowest BCUT2D eigenvalue weighted by Crippen LogP contribution is -2.36. The van der Waals surface area contributed by atoms with Crippen molar-refractivity contribution in [3.05, 3.63) is 35.8 Å². The van der Waals surface area contributed by atoms with Gasteiger partial charge in [-0.15, -0.1) is 0 Å². The number of amides is 1. The number of para-hydroxylation sites is 1. The number of hydrogen-bond donors (Lipinski definition) is 1. The minimum atomic E-state index is -3.02. The Morgan fingerprint density at radius 1 is 1.29 bits per heavy atom. The lowest BCUT2D eigenvalue weighted by molar-refractivity contribution is 0.0937. The number of carbonyl (C=O) groups excluding carboxylic acids is 1. The third kappa shape index (κ3) is 2.87. The van der Waals surface area contributed by atoms with Crippen LogP contribution in [-0.2, 0) is 9.84 Å². The molecule has 2 heterocycles. The number of nitrogens with zero attached hydrogens (tertiary/aromatic N) is 2. The molecule has 0 saturated carbocycles. The van der Waals surface area contributed by atoms with Crippen molar-refractivity contribution in [1.82, 2.24) is 15.3 Å². The Hall–Kier alpha value is -2.02. The van der Waals surface area contributed by atoms with Crippen LogP contribution in [0.1, 0.15) is 22.7 Å². The monoisotopic (exact) mass is 305 g/mol. The second kappa shape index (κ2) is 5.07. The van der Waals surface area contributed by atoms with Crippen LogP contribution in [0.4, 0.5) is 0 Å². The molecule has 1 N–H and O–H groups in total. The summed E-state index contributed by atoms with van der Waals surface area (Å²) in [6, 6.07) is 6.94. The first-order chi connectivity index (χ1) is 9.94. The highest BCUT2D eigenvalue weighted by atomic mass is 32.2. The van der Waals surface area contributed by atoms with Crippen LogP contribution in [0.5, 0.6) is 0 Å². The molecular weight excluding hydrogens is 290 g/mol. The SMILES string of the molecule is Cc1nc(C(=O)NC2CCS(=O)(=O)C2)c2ccccc2n1. The summed E-state index contributed by atoms with van der Waals surface area (Å²) in [7, 11) is -3.02. The van der Waals surface area contributed by atoms with Gasteiger partial charge in [-0.05, 0) is 19.4 Å². The number of nitrogens with one attached hydrogen (secondary N) is 1. The highest BCUT2D eigenvalue weighted by Crippen LogP contribution is 2.17. The zero-order valence-corrected chi connectivity index (χ0v) is 12.4. The predicted octanol–water partition coefficient (Wildman–Crippen LogP) is 0.855. The molecule has 0 spiro atoms. The fourth-order valence-electron chi connectivity index (χ4n) is 2.53. The van der Waals surface area contributed by atoms with E-state index in [0.717, 1.165) is 0 Å². The van der Waals surface area contributed by atoms with Gasteiger partial charge in [0.25, 0.3) is 5.91 Å². The van der Waals surface area contributed by atoms with E-state index in [-0.39, 0.29) is 23.5 Å². The number of hydrogen-bond acceptors (Lipinski definition) is 5. The van der Waals surface area contributed by atoms with Crippen LogP contribution in [0, 0.1) is 6.92 Å². The summed E-state index contributed by atoms with van der Waals surface area (Å²) in [4.78, 5) is 20.9. The van der Waals surface area contributed by atoms with Gasteiger partial charge in [0.1, 0.15) is 11.5 Å². The minimum absolute atomic E-state index is 0.000732. The maximum atomic E-state index is 12.4. The zero-order valence-electron chi connectivity index (χ0n) is 11.5. The van der Waals surface area contributed by atoms with E-state index in [1.165, 1.54) is 0 Å². The van der Waals surface area contributed by atoms with Gasteiger partial charge in [-0.1, -0.05) is 18.2 Å². The van der Waals surface area contributed by atoms with Crippen LogP contribution in [0.3, 0.4) is 0 Å². The normalized spacial score (nSPS) is 20.5. The first-order valence-corrected chi connectivity index (χ1v) is 8.51. The molecule has 0 radical (unpaired) electrons. The number of rotatable bonds is 2. The molecule has 3 rings (SSSR count). The fraction of sp³-hybridized carbons (Fsp3) is 0.357. The third-order valence-electron chi connectivity index (χ3n) is 3.50. The van der Waals surface area contributed by atoms with Crippen molar-refractivity contribution in [2.45, 2.75) is 19.4 Å². The first kappa shape index (κ1) is 13.9. The van der Waals surface area contributed by atoms with Gasteiger partial charge >= 0.3 is 0 Å². The van der Waals surface area contributed by atoms with Crippen molar-refractivity contribution in [2.24, 2.45) is 0 Å². The van der Waals surface area contributed by atoms with Gasteiger partial charge in [0.15, 0.2) is 9.84 Å². The zero-order chi connectivity index (χ0) is 15.0. The third-order valence-corrected chi connectivity index (χ3v) is 5.27. The van der Waals surface area contributed by atoms with Crippen molar-refractivity contribution in [3.63, 3.8) is 0 Å². The second-order valence-electron chi connectivity index (χ2n) is 5.21. The van der Waals surface area contributed by atoms with Crippen LogP contribution in [0.2, 0.25) is 0 Å². The van der Waals surface area contributed by atoms with E-state index in [1.54, 1.807) is 13.0 Å². The van der Waals surface area contributed by atoms with Crippen LogP contribution >= 0.6 is 0 Å². The van der Waals surface area contributed by atoms with Gasteiger partial charge in [-0.2, -0.15) is 0 Å². The Morgan fingerprint density at radius 3 is 2.76 bits per heavy atom. The molecule has 0 bridgehead atoms. The Balaban J connectivity index is 1.91. The minimum Gasteiger partial charge on any atom is -0.347 e. The Bertz CT molecular complexity index is 817. The molecule has 1 aromatic carbocycles. The van der Waals surface area contributed by atoms with Gasteiger partial charge in [0.2, 0.25) is 0 Å². The van der Waals surface area contributed by atoms with E-state index in [4.69, 9.17) is 0 Å². The standard InChI is InChI=1S/C14H15N3O3S/c1-9-15-12-5-3-2-4-11(12)13(16-9)14(18)17-10-6-7-21(19,20)8-10/h2-5,10H,6-8H2,1H3,(H,17,18). The maximum Gasteiger partial charge on any atom is 0.270 e. The van der Waals surface area contributed by atoms with E-state index in [1.807, 2.05) is 18.2 Å². The number of fused-ring (bicyclic) bond motifs is 1. The van der Waals surface area contributed by atoms with E-state index in [0.29, 0.717) is 28.8 Å². The van der Waals surface area contributed by atoms with Gasteiger partial charge in [0.05, 0.1) is 17.0 Å². The molecule has 1 saturated heterocycles. The van der Waals surface area contributed by atoms with Crippen LogP contribution in [-0.4, -0.2) is 41.8 Å². The van der Waals surface area contributed by atoms with Crippen molar-refractivity contribution in [1.29, 1.82) is 0 Å². The number of aromatic nitrogens is 2. The summed E-state index contributed by atoms with van der Waals surface area (Å²) in [5.74, 6) is 0.291. The average molecular weight is 305 g/mol. The Labute approximate surface area is 122 Å². The Morgan fingerprint density at radius 2 is 2.05 bits per heavy atom. The summed E-state index contributed by atoms with van der Waals surface area (Å²) in [6.45, 7) is 1.73. The molecule has 6 nitrogen and oxygen atoms in total. The van der Waals surface area contributed by atoms with Crippen molar-refractivity contribution in [2.75, 3.05) is 11.5 Å². The molecule has 1 aliphatic heterocycles. The van der Waals surface area contributed by atoms with Gasteiger partial charge in [-0.25, -0.2) is 18.4 Å². The van der Waals surface area contributed by atoms with Gasteiger partial charge < -0.3 is 5.32 Å². The van der Waals surface area contributed by atoms with E-state index >= 15 is 0 Å². The molecule has 1 fully saturated rings. The summed E-state index contributed by atoms with van der Waals surface area (Å²) >= 11 is 0. The molecule has 21 heavy (non-hydrogen) atoms. The summed E-state index contributed by atoms with van der Waals surface area (Å²) in [6.07, 6.45) is 0.454. The molecule has 1 aromatic heterocycles. The number of benzene rings is 1. The van der Waals surface area contributed by atoms with Gasteiger partial charge in [0, 0.05) is 11.4 Å². The molecule has 110 valence electrons. The average Bonchev–Trinajstić information content (AvgIpc) is 2.76. The fourth-order valence-corrected chi connectivity index (χ4v) is 4.20. The summed E-state index contributed by atoms with van der Waals surface area (Å²) in [5.41, 5.74) is 0.997. The molecule has 1 aliphatic rings. The second-order valence-corrected chi connectivity index (χ2v) is 7.44. The van der Waals surface area contributed by atoms with Crippen LogP contribution in [0.25, 0.3) is 10.9 Å². The smallest absolute Gasteiger partial charge is 0.270 e. The number of aryl methyl sites for hydroxylation is 1. The topological polar surface area (TPSA) is 89.0 Å². The molecule has 1 amide bonds. The van der Waals surface area contributed by atoms with E-state index < -0.39 is 9.84 Å². The van der Waals surface area contributed by atoms with Gasteiger partial charge in [-0.3, -0.25) is 4.79 Å². The van der Waals surface area contributed by atoms with Crippen LogP contribution in [0.15, 0.2) is 24.3 Å². The van der Waals surface area contributed by atoms with E-state index in [2.05, 4.69) is 15.3 Å².